The zero-order valence-electron chi connectivity index (χ0n) is 6.72. The summed E-state index contributed by atoms with van der Waals surface area (Å²) in [5.74, 6) is -0.0457. The third-order valence-corrected chi connectivity index (χ3v) is 1.99. The maximum Gasteiger partial charge on any atom is 0.404 e. The Morgan fingerprint density at radius 3 is 3.00 bits per heavy atom. The van der Waals surface area contributed by atoms with Gasteiger partial charge in [-0.1, -0.05) is 0 Å². The van der Waals surface area contributed by atoms with Crippen LogP contribution in [0.25, 0.3) is 0 Å². The molecule has 0 radical (unpaired) electrons. The summed E-state index contributed by atoms with van der Waals surface area (Å²) in [6.45, 7) is 0.863. The van der Waals surface area contributed by atoms with Gasteiger partial charge in [-0.2, -0.15) is 0 Å². The minimum atomic E-state index is -1.04. The molecule has 1 heterocycles. The second kappa shape index (κ2) is 4.25. The van der Waals surface area contributed by atoms with Crippen molar-refractivity contribution in [2.24, 2.45) is 5.92 Å². The molecule has 0 unspecified atom stereocenters. The average molecular weight is 176 g/mol. The number of alkyl halides is 1. The summed E-state index contributed by atoms with van der Waals surface area (Å²) in [4.78, 5) is 10.2. The maximum atomic E-state index is 12.2. The molecule has 1 fully saturated rings. The number of rotatable bonds is 2. The Morgan fingerprint density at radius 2 is 2.42 bits per heavy atom. The lowest BCUT2D eigenvalue weighted by atomic mass is 9.97. The standard InChI is InChI=1S/C7H13FN2O2/c8-2-5-1-6(4-9-3-5)10-7(11)12/h5-6,9-10H,1-4H2,(H,11,12)/t5-,6-/m0/s1. The van der Waals surface area contributed by atoms with Crippen molar-refractivity contribution in [1.82, 2.24) is 10.6 Å². The van der Waals surface area contributed by atoms with Crippen molar-refractivity contribution in [3.63, 3.8) is 0 Å². The smallest absolute Gasteiger partial charge is 0.404 e. The van der Waals surface area contributed by atoms with E-state index in [0.717, 1.165) is 0 Å². The molecule has 0 aromatic carbocycles. The first-order valence-corrected chi connectivity index (χ1v) is 3.98. The quantitative estimate of drug-likeness (QED) is 0.563. The van der Waals surface area contributed by atoms with E-state index in [2.05, 4.69) is 10.6 Å². The molecule has 1 amide bonds. The van der Waals surface area contributed by atoms with Crippen LogP contribution in [0.1, 0.15) is 6.42 Å². The van der Waals surface area contributed by atoms with Crippen LogP contribution in [0.3, 0.4) is 0 Å². The molecule has 0 spiro atoms. The highest BCUT2D eigenvalue weighted by atomic mass is 19.1. The molecule has 1 saturated heterocycles. The molecule has 0 bridgehead atoms. The molecule has 0 aliphatic carbocycles. The van der Waals surface area contributed by atoms with E-state index in [1.807, 2.05) is 0 Å². The van der Waals surface area contributed by atoms with Crippen LogP contribution >= 0.6 is 0 Å². The highest BCUT2D eigenvalue weighted by molar-refractivity contribution is 5.64. The SMILES string of the molecule is O=C(O)N[C@@H]1CNC[C@H](CF)C1. The monoisotopic (exact) mass is 176 g/mol. The Bertz CT molecular complexity index is 165. The van der Waals surface area contributed by atoms with Crippen LogP contribution < -0.4 is 10.6 Å². The van der Waals surface area contributed by atoms with Gasteiger partial charge in [0, 0.05) is 25.0 Å². The molecule has 1 aliphatic rings. The number of carbonyl (C=O) groups is 1. The Morgan fingerprint density at radius 1 is 1.67 bits per heavy atom. The molecule has 70 valence electrons. The van der Waals surface area contributed by atoms with Gasteiger partial charge in [-0.15, -0.1) is 0 Å². The molecule has 2 atom stereocenters. The molecule has 12 heavy (non-hydrogen) atoms. The lowest BCUT2D eigenvalue weighted by Gasteiger charge is -2.27. The Hall–Kier alpha value is -0.840. The topological polar surface area (TPSA) is 61.4 Å². The fourth-order valence-corrected chi connectivity index (χ4v) is 1.43. The van der Waals surface area contributed by atoms with Gasteiger partial charge >= 0.3 is 6.09 Å². The van der Waals surface area contributed by atoms with Crippen LogP contribution in [0, 0.1) is 5.92 Å². The third kappa shape index (κ3) is 2.65. The number of hydrogen-bond donors (Lipinski definition) is 3. The maximum absolute atomic E-state index is 12.2. The summed E-state index contributed by atoms with van der Waals surface area (Å²) in [5, 5.41) is 13.7. The van der Waals surface area contributed by atoms with E-state index in [4.69, 9.17) is 5.11 Å². The molecule has 0 aromatic heterocycles. The molecular formula is C7H13FN2O2. The number of halogens is 1. The molecule has 0 aromatic rings. The van der Waals surface area contributed by atoms with E-state index in [1.165, 1.54) is 0 Å². The zero-order chi connectivity index (χ0) is 8.97. The summed E-state index contributed by atoms with van der Waals surface area (Å²) in [6, 6.07) is -0.142. The minimum absolute atomic E-state index is 0.0457. The van der Waals surface area contributed by atoms with Crippen LogP contribution in [0.4, 0.5) is 9.18 Å². The van der Waals surface area contributed by atoms with E-state index < -0.39 is 6.09 Å². The predicted molar refractivity (Wildman–Crippen MR) is 41.9 cm³/mol. The van der Waals surface area contributed by atoms with E-state index >= 15 is 0 Å². The van der Waals surface area contributed by atoms with Gasteiger partial charge in [-0.25, -0.2) is 4.79 Å². The zero-order valence-corrected chi connectivity index (χ0v) is 6.72. The summed E-state index contributed by atoms with van der Waals surface area (Å²) in [5.41, 5.74) is 0. The van der Waals surface area contributed by atoms with Gasteiger partial charge < -0.3 is 15.7 Å². The van der Waals surface area contributed by atoms with Crippen LogP contribution in [-0.2, 0) is 0 Å². The van der Waals surface area contributed by atoms with Crippen molar-refractivity contribution in [3.8, 4) is 0 Å². The van der Waals surface area contributed by atoms with Gasteiger partial charge in [0.05, 0.1) is 6.67 Å². The summed E-state index contributed by atoms with van der Waals surface area (Å²) in [6.07, 6.45) is -0.447. The summed E-state index contributed by atoms with van der Waals surface area (Å²) in [7, 11) is 0. The van der Waals surface area contributed by atoms with E-state index in [9.17, 15) is 9.18 Å². The van der Waals surface area contributed by atoms with Crippen LogP contribution in [0.5, 0.6) is 0 Å². The van der Waals surface area contributed by atoms with Gasteiger partial charge in [-0.3, -0.25) is 4.39 Å². The molecule has 1 aliphatic heterocycles. The van der Waals surface area contributed by atoms with Crippen molar-refractivity contribution in [2.45, 2.75) is 12.5 Å². The second-order valence-electron chi connectivity index (χ2n) is 3.06. The first-order valence-electron chi connectivity index (χ1n) is 3.98. The average Bonchev–Trinajstić information content (AvgIpc) is 2.03. The Balaban J connectivity index is 2.30. The van der Waals surface area contributed by atoms with Crippen molar-refractivity contribution in [3.05, 3.63) is 0 Å². The van der Waals surface area contributed by atoms with Gasteiger partial charge in [0.1, 0.15) is 0 Å². The molecule has 1 rings (SSSR count). The number of amides is 1. The minimum Gasteiger partial charge on any atom is -0.465 e. The first kappa shape index (κ1) is 9.25. The molecule has 5 heteroatoms. The van der Waals surface area contributed by atoms with Crippen molar-refractivity contribution in [2.75, 3.05) is 19.8 Å². The van der Waals surface area contributed by atoms with Crippen molar-refractivity contribution < 1.29 is 14.3 Å². The van der Waals surface area contributed by atoms with Gasteiger partial charge in [0.25, 0.3) is 0 Å². The number of carboxylic acid groups (broad SMARTS) is 1. The molecule has 4 nitrogen and oxygen atoms in total. The van der Waals surface area contributed by atoms with Gasteiger partial charge in [-0.05, 0) is 6.42 Å². The summed E-state index contributed by atoms with van der Waals surface area (Å²) >= 11 is 0. The van der Waals surface area contributed by atoms with Crippen molar-refractivity contribution >= 4 is 6.09 Å². The second-order valence-corrected chi connectivity index (χ2v) is 3.06. The van der Waals surface area contributed by atoms with Crippen LogP contribution in [0.2, 0.25) is 0 Å². The number of piperidine rings is 1. The largest absolute Gasteiger partial charge is 0.465 e. The molecule has 3 N–H and O–H groups in total. The molecule has 0 saturated carbocycles. The first-order chi connectivity index (χ1) is 5.72. The Labute approximate surface area is 70.1 Å². The van der Waals surface area contributed by atoms with E-state index in [-0.39, 0.29) is 18.6 Å². The van der Waals surface area contributed by atoms with Gasteiger partial charge in [0.15, 0.2) is 0 Å². The predicted octanol–water partition coefficient (Wildman–Crippen LogP) is 0.202. The lowest BCUT2D eigenvalue weighted by Crippen LogP contribution is -2.48. The highest BCUT2D eigenvalue weighted by Crippen LogP contribution is 2.10. The lowest BCUT2D eigenvalue weighted by molar-refractivity contribution is 0.180. The number of hydrogen-bond acceptors (Lipinski definition) is 2. The van der Waals surface area contributed by atoms with Crippen LogP contribution in [-0.4, -0.2) is 37.0 Å². The highest BCUT2D eigenvalue weighted by Gasteiger charge is 2.22. The Kier molecular flexibility index (Phi) is 3.28. The molecular weight excluding hydrogens is 163 g/mol. The summed E-state index contributed by atoms with van der Waals surface area (Å²) < 4.78 is 12.2. The third-order valence-electron chi connectivity index (χ3n) is 1.99. The normalized spacial score (nSPS) is 29.8. The van der Waals surface area contributed by atoms with E-state index in [0.29, 0.717) is 19.5 Å². The fraction of sp³-hybridized carbons (Fsp3) is 0.857. The van der Waals surface area contributed by atoms with Crippen LogP contribution in [0.15, 0.2) is 0 Å². The number of nitrogens with one attached hydrogen (secondary N) is 2. The van der Waals surface area contributed by atoms with Gasteiger partial charge in [0.2, 0.25) is 0 Å². The van der Waals surface area contributed by atoms with E-state index in [1.54, 1.807) is 0 Å². The van der Waals surface area contributed by atoms with Crippen molar-refractivity contribution in [1.29, 1.82) is 0 Å². The fourth-order valence-electron chi connectivity index (χ4n) is 1.43.